The number of aliphatic hydroxyl groups excluding tert-OH is 1. The molecule has 1 atom stereocenters. The number of para-hydroxylation sites is 1. The summed E-state index contributed by atoms with van der Waals surface area (Å²) >= 11 is 0.0983. The molecule has 0 fully saturated rings. The number of imidazole rings is 1. The Morgan fingerprint density at radius 1 is 1.12 bits per heavy atom. The molecule has 3 rings (SSSR count). The molecule has 1 aromatic heterocycles. The van der Waals surface area contributed by atoms with E-state index in [-0.39, 0.29) is 24.4 Å². The first kappa shape index (κ1) is 18.9. The molecular formula is C20H23FN2O2S. The molecule has 0 amide bonds. The lowest BCUT2D eigenvalue weighted by Gasteiger charge is -2.26. The van der Waals surface area contributed by atoms with Crippen molar-refractivity contribution in [3.05, 3.63) is 65.5 Å². The average Bonchev–Trinajstić information content (AvgIpc) is 2.98. The molecule has 1 heterocycles. The highest BCUT2D eigenvalue weighted by molar-refractivity contribution is 7.92. The molecule has 2 aromatic carbocycles. The standard InChI is InChI=1S/C20H23FN2O2S/c1-20(2,3)19(24)15-10-7-11-16-18(15)22-17(23(16)26-21)13-25-12-14-8-5-4-6-9-14/h4-11,19,24H,12-13H2,1-3H3. The van der Waals surface area contributed by atoms with Crippen LogP contribution in [0.2, 0.25) is 0 Å². The van der Waals surface area contributed by atoms with Gasteiger partial charge in [0.15, 0.2) is 12.3 Å². The van der Waals surface area contributed by atoms with E-state index in [0.29, 0.717) is 29.0 Å². The number of nitrogens with zero attached hydrogens (tertiary/aromatic N) is 2. The van der Waals surface area contributed by atoms with Crippen molar-refractivity contribution >= 4 is 23.4 Å². The van der Waals surface area contributed by atoms with Gasteiger partial charge in [-0.3, -0.25) is 0 Å². The summed E-state index contributed by atoms with van der Waals surface area (Å²) in [5, 5.41) is 10.7. The first-order chi connectivity index (χ1) is 12.4. The quantitative estimate of drug-likeness (QED) is 0.643. The summed E-state index contributed by atoms with van der Waals surface area (Å²) in [6.45, 7) is 6.49. The highest BCUT2D eigenvalue weighted by Gasteiger charge is 2.27. The molecule has 4 nitrogen and oxygen atoms in total. The van der Waals surface area contributed by atoms with Crippen LogP contribution in [0, 0.1) is 5.41 Å². The number of fused-ring (bicyclic) bond motifs is 1. The van der Waals surface area contributed by atoms with Gasteiger partial charge in [-0.2, -0.15) is 0 Å². The predicted molar refractivity (Wildman–Crippen MR) is 103 cm³/mol. The second kappa shape index (κ2) is 7.78. The van der Waals surface area contributed by atoms with Crippen LogP contribution in [0.25, 0.3) is 11.0 Å². The van der Waals surface area contributed by atoms with Gasteiger partial charge >= 0.3 is 0 Å². The van der Waals surface area contributed by atoms with Crippen molar-refractivity contribution < 1.29 is 13.7 Å². The second-order valence-corrected chi connectivity index (χ2v) is 7.86. The van der Waals surface area contributed by atoms with Crippen LogP contribution in [-0.2, 0) is 18.0 Å². The van der Waals surface area contributed by atoms with E-state index >= 15 is 0 Å². The van der Waals surface area contributed by atoms with Crippen LogP contribution >= 0.6 is 12.3 Å². The van der Waals surface area contributed by atoms with Crippen molar-refractivity contribution in [3.63, 3.8) is 0 Å². The highest BCUT2D eigenvalue weighted by atomic mass is 32.2. The number of halogens is 1. The summed E-state index contributed by atoms with van der Waals surface area (Å²) in [5.41, 5.74) is 2.65. The smallest absolute Gasteiger partial charge is 0.171 e. The molecule has 3 aromatic rings. The molecule has 6 heteroatoms. The zero-order chi connectivity index (χ0) is 18.7. The average molecular weight is 374 g/mol. The van der Waals surface area contributed by atoms with Crippen molar-refractivity contribution in [3.8, 4) is 0 Å². The summed E-state index contributed by atoms with van der Waals surface area (Å²) in [5.74, 6) is 0.483. The molecule has 0 saturated heterocycles. The molecule has 26 heavy (non-hydrogen) atoms. The van der Waals surface area contributed by atoms with Gasteiger partial charge in [0.2, 0.25) is 0 Å². The van der Waals surface area contributed by atoms with Crippen LogP contribution in [0.5, 0.6) is 0 Å². The lowest BCUT2D eigenvalue weighted by Crippen LogP contribution is -2.18. The molecule has 0 aliphatic carbocycles. The van der Waals surface area contributed by atoms with Crippen LogP contribution in [0.3, 0.4) is 0 Å². The molecule has 0 bridgehead atoms. The lowest BCUT2D eigenvalue weighted by molar-refractivity contribution is 0.0637. The van der Waals surface area contributed by atoms with E-state index in [0.717, 1.165) is 5.56 Å². The van der Waals surface area contributed by atoms with E-state index in [1.165, 1.54) is 3.97 Å². The molecule has 1 unspecified atom stereocenters. The Labute approximate surface area is 157 Å². The molecule has 1 N–H and O–H groups in total. The lowest BCUT2D eigenvalue weighted by atomic mass is 9.84. The van der Waals surface area contributed by atoms with E-state index in [9.17, 15) is 8.99 Å². The number of aliphatic hydroxyl groups is 1. The third-order valence-electron chi connectivity index (χ3n) is 4.27. The predicted octanol–water partition coefficient (Wildman–Crippen LogP) is 5.21. The van der Waals surface area contributed by atoms with Gasteiger partial charge in [0, 0.05) is 5.56 Å². The normalized spacial score (nSPS) is 13.3. The SMILES string of the molecule is CC(C)(C)C(O)c1cccc2c1nc(COCc1ccccc1)n2SF. The molecule has 0 aliphatic heterocycles. The van der Waals surface area contributed by atoms with Gasteiger partial charge in [0.25, 0.3) is 0 Å². The van der Waals surface area contributed by atoms with E-state index in [4.69, 9.17) is 4.74 Å². The van der Waals surface area contributed by atoms with Gasteiger partial charge in [-0.1, -0.05) is 63.2 Å². The number of rotatable bonds is 6. The number of hydrogen-bond acceptors (Lipinski definition) is 4. The van der Waals surface area contributed by atoms with Crippen molar-refractivity contribution in [2.24, 2.45) is 5.41 Å². The second-order valence-electron chi connectivity index (χ2n) is 7.35. The van der Waals surface area contributed by atoms with Gasteiger partial charge < -0.3 is 9.84 Å². The Hall–Kier alpha value is -1.89. The Morgan fingerprint density at radius 3 is 2.50 bits per heavy atom. The number of benzene rings is 2. The zero-order valence-corrected chi connectivity index (χ0v) is 16.0. The van der Waals surface area contributed by atoms with E-state index in [1.807, 2.05) is 63.2 Å². The summed E-state index contributed by atoms with van der Waals surface area (Å²) in [6.07, 6.45) is -0.697. The van der Waals surface area contributed by atoms with Gasteiger partial charge in [-0.15, -0.1) is 3.89 Å². The van der Waals surface area contributed by atoms with Gasteiger partial charge in [-0.05, 0) is 17.0 Å². The summed E-state index contributed by atoms with van der Waals surface area (Å²) in [7, 11) is 0. The van der Waals surface area contributed by atoms with Crippen LogP contribution < -0.4 is 0 Å². The maximum absolute atomic E-state index is 13.6. The minimum atomic E-state index is -0.697. The van der Waals surface area contributed by atoms with Gasteiger partial charge in [-0.25, -0.2) is 8.96 Å². The van der Waals surface area contributed by atoms with Gasteiger partial charge in [0.1, 0.15) is 12.4 Å². The molecule has 0 saturated carbocycles. The fourth-order valence-electron chi connectivity index (χ4n) is 2.84. The minimum absolute atomic E-state index is 0.0983. The Morgan fingerprint density at radius 2 is 1.85 bits per heavy atom. The Kier molecular flexibility index (Phi) is 5.65. The van der Waals surface area contributed by atoms with Crippen LogP contribution in [0.4, 0.5) is 3.89 Å². The monoisotopic (exact) mass is 374 g/mol. The van der Waals surface area contributed by atoms with Crippen LogP contribution in [0.1, 0.15) is 43.8 Å². The van der Waals surface area contributed by atoms with Crippen molar-refractivity contribution in [2.75, 3.05) is 0 Å². The van der Waals surface area contributed by atoms with E-state index < -0.39 is 6.10 Å². The fraction of sp³-hybridized carbons (Fsp3) is 0.350. The van der Waals surface area contributed by atoms with Crippen molar-refractivity contribution in [1.82, 2.24) is 8.96 Å². The zero-order valence-electron chi connectivity index (χ0n) is 15.1. The van der Waals surface area contributed by atoms with Gasteiger partial charge in [0.05, 0.1) is 23.7 Å². The Bertz CT molecular complexity index is 875. The van der Waals surface area contributed by atoms with Crippen molar-refractivity contribution in [2.45, 2.75) is 40.1 Å². The summed E-state index contributed by atoms with van der Waals surface area (Å²) < 4.78 is 20.7. The highest BCUT2D eigenvalue weighted by Crippen LogP contribution is 2.37. The van der Waals surface area contributed by atoms with Crippen LogP contribution in [-0.4, -0.2) is 14.1 Å². The molecule has 138 valence electrons. The third-order valence-corrected chi connectivity index (χ3v) is 4.81. The Balaban J connectivity index is 1.89. The van der Waals surface area contributed by atoms with E-state index in [2.05, 4.69) is 4.98 Å². The number of hydrogen-bond donors (Lipinski definition) is 1. The van der Waals surface area contributed by atoms with E-state index in [1.54, 1.807) is 6.07 Å². The summed E-state index contributed by atoms with van der Waals surface area (Å²) in [6, 6.07) is 15.3. The maximum Gasteiger partial charge on any atom is 0.171 e. The molecule has 0 radical (unpaired) electrons. The topological polar surface area (TPSA) is 47.3 Å². The van der Waals surface area contributed by atoms with Crippen LogP contribution in [0.15, 0.2) is 48.5 Å². The van der Waals surface area contributed by atoms with Crippen molar-refractivity contribution in [1.29, 1.82) is 0 Å². The first-order valence-corrected chi connectivity index (χ1v) is 9.18. The molecular weight excluding hydrogens is 351 g/mol. The summed E-state index contributed by atoms with van der Waals surface area (Å²) in [4.78, 5) is 4.57. The maximum atomic E-state index is 13.6. The number of aromatic nitrogens is 2. The first-order valence-electron chi connectivity index (χ1n) is 8.51. The minimum Gasteiger partial charge on any atom is -0.388 e. The molecule has 0 spiro atoms. The number of ether oxygens (including phenoxy) is 1. The fourth-order valence-corrected chi connectivity index (χ4v) is 3.23. The third kappa shape index (κ3) is 3.92. The molecule has 0 aliphatic rings. The largest absolute Gasteiger partial charge is 0.388 e.